The van der Waals surface area contributed by atoms with Crippen molar-refractivity contribution < 1.29 is 27.7 Å². The summed E-state index contributed by atoms with van der Waals surface area (Å²) in [5.74, 6) is -0.474. The number of carbonyl (C=O) groups is 2. The third-order valence-corrected chi connectivity index (χ3v) is 7.03. The van der Waals surface area contributed by atoms with Crippen molar-refractivity contribution >= 4 is 23.2 Å². The minimum atomic E-state index is -4.45. The number of halogens is 3. The van der Waals surface area contributed by atoms with Crippen LogP contribution >= 0.6 is 0 Å². The monoisotopic (exact) mass is 559 g/mol. The number of fused-ring (bicyclic) bond motifs is 1. The summed E-state index contributed by atoms with van der Waals surface area (Å²) in [6.45, 7) is 0.902. The molecule has 0 saturated carbocycles. The van der Waals surface area contributed by atoms with Crippen LogP contribution in [0.1, 0.15) is 32.6 Å². The number of alkyl halides is 3. The molecule has 0 spiro atoms. The van der Waals surface area contributed by atoms with Crippen LogP contribution in [0.3, 0.4) is 0 Å². The van der Waals surface area contributed by atoms with Crippen LogP contribution in [-0.4, -0.2) is 28.2 Å². The Morgan fingerprint density at radius 1 is 0.902 bits per heavy atom. The van der Waals surface area contributed by atoms with E-state index in [-0.39, 0.29) is 18.0 Å². The Kier molecular flexibility index (Phi) is 7.56. The van der Waals surface area contributed by atoms with Crippen LogP contribution < -0.4 is 5.32 Å². The molecule has 4 aromatic carbocycles. The van der Waals surface area contributed by atoms with Crippen molar-refractivity contribution in [3.05, 3.63) is 129 Å². The van der Waals surface area contributed by atoms with Gasteiger partial charge in [0.25, 0.3) is 11.6 Å². The Morgan fingerprint density at radius 2 is 1.61 bits per heavy atom. The Morgan fingerprint density at radius 3 is 2.29 bits per heavy atom. The Labute approximate surface area is 233 Å². The van der Waals surface area contributed by atoms with Gasteiger partial charge >= 0.3 is 6.18 Å². The molecule has 0 unspecified atom stereocenters. The van der Waals surface area contributed by atoms with Gasteiger partial charge in [0.15, 0.2) is 0 Å². The maximum absolute atomic E-state index is 13.2. The second kappa shape index (κ2) is 11.2. The molecule has 0 fully saturated rings. The first-order chi connectivity index (χ1) is 19.6. The van der Waals surface area contributed by atoms with Crippen molar-refractivity contribution in [3.63, 3.8) is 0 Å². The number of benzene rings is 4. The summed E-state index contributed by atoms with van der Waals surface area (Å²) in [4.78, 5) is 38.2. The second-order valence-electron chi connectivity index (χ2n) is 9.72. The van der Waals surface area contributed by atoms with Gasteiger partial charge in [-0.3, -0.25) is 19.7 Å². The van der Waals surface area contributed by atoms with Crippen LogP contribution in [0.25, 0.3) is 11.1 Å². The molecule has 1 heterocycles. The molecule has 0 aliphatic carbocycles. The minimum Gasteiger partial charge on any atom is -0.338 e. The SMILES string of the molecule is O=C(Nc1ccc2c(c1)CCN(C(=O)Cc1ccc([N+](=O)[O-])cc1)C2)c1ccccc1-c1ccc(C(F)(F)F)cc1. The summed E-state index contributed by atoms with van der Waals surface area (Å²) in [5.41, 5.74) is 3.76. The molecule has 1 aliphatic rings. The van der Waals surface area contributed by atoms with Crippen molar-refractivity contribution in [3.8, 4) is 11.1 Å². The molecule has 4 aromatic rings. The number of hydrogen-bond donors (Lipinski definition) is 1. The van der Waals surface area contributed by atoms with E-state index in [2.05, 4.69) is 5.32 Å². The number of nitrogens with one attached hydrogen (secondary N) is 1. The highest BCUT2D eigenvalue weighted by Crippen LogP contribution is 2.32. The lowest BCUT2D eigenvalue weighted by Crippen LogP contribution is -2.37. The second-order valence-corrected chi connectivity index (χ2v) is 9.72. The van der Waals surface area contributed by atoms with Crippen molar-refractivity contribution in [2.75, 3.05) is 11.9 Å². The average molecular weight is 560 g/mol. The summed E-state index contributed by atoms with van der Waals surface area (Å²) in [5, 5.41) is 13.7. The zero-order chi connectivity index (χ0) is 29.1. The van der Waals surface area contributed by atoms with Crippen molar-refractivity contribution in [1.29, 1.82) is 0 Å². The largest absolute Gasteiger partial charge is 0.416 e. The summed E-state index contributed by atoms with van der Waals surface area (Å²) in [6, 6.07) is 22.8. The lowest BCUT2D eigenvalue weighted by molar-refractivity contribution is -0.384. The number of carbonyl (C=O) groups excluding carboxylic acids is 2. The number of hydrogen-bond acceptors (Lipinski definition) is 4. The molecular weight excluding hydrogens is 535 g/mol. The van der Waals surface area contributed by atoms with Gasteiger partial charge in [-0.2, -0.15) is 13.2 Å². The molecule has 1 aliphatic heterocycles. The highest BCUT2D eigenvalue weighted by atomic mass is 19.4. The summed E-state index contributed by atoms with van der Waals surface area (Å²) < 4.78 is 38.9. The minimum absolute atomic E-state index is 0.0286. The van der Waals surface area contributed by atoms with Gasteiger partial charge < -0.3 is 10.2 Å². The maximum Gasteiger partial charge on any atom is 0.416 e. The van der Waals surface area contributed by atoms with Gasteiger partial charge in [-0.05, 0) is 64.6 Å². The standard InChI is InChI=1S/C31H24F3N3O4/c32-31(33,34)24-10-7-21(8-11-24)27-3-1-2-4-28(27)30(39)35-25-12-9-23-19-36(16-15-22(23)18-25)29(38)17-20-5-13-26(14-6-20)37(40)41/h1-14,18H,15-17,19H2,(H,35,39). The Bertz CT molecular complexity index is 1620. The van der Waals surface area contributed by atoms with Gasteiger partial charge in [0.2, 0.25) is 5.91 Å². The van der Waals surface area contributed by atoms with E-state index in [1.807, 2.05) is 12.1 Å². The number of anilines is 1. The number of nitro groups is 1. The van der Waals surface area contributed by atoms with E-state index in [9.17, 15) is 32.9 Å². The molecule has 0 aromatic heterocycles. The van der Waals surface area contributed by atoms with Crippen molar-refractivity contribution in [2.45, 2.75) is 25.6 Å². The fourth-order valence-corrected chi connectivity index (χ4v) is 4.84. The Balaban J connectivity index is 1.26. The molecular formula is C31H24F3N3O4. The third-order valence-electron chi connectivity index (χ3n) is 7.03. The molecule has 0 saturated heterocycles. The topological polar surface area (TPSA) is 92.6 Å². The number of amides is 2. The highest BCUT2D eigenvalue weighted by Gasteiger charge is 2.30. The number of nitro benzene ring substituents is 1. The van der Waals surface area contributed by atoms with E-state index in [0.717, 1.165) is 23.3 Å². The van der Waals surface area contributed by atoms with Crippen molar-refractivity contribution in [1.82, 2.24) is 4.90 Å². The van der Waals surface area contributed by atoms with E-state index in [1.165, 1.54) is 24.3 Å². The molecule has 2 amide bonds. The normalized spacial score (nSPS) is 12.9. The van der Waals surface area contributed by atoms with Crippen LogP contribution in [0.5, 0.6) is 0 Å². The Hall–Kier alpha value is -4.99. The highest BCUT2D eigenvalue weighted by molar-refractivity contribution is 6.08. The predicted octanol–water partition coefficient (Wildman–Crippen LogP) is 6.66. The first-order valence-electron chi connectivity index (χ1n) is 12.8. The van der Waals surface area contributed by atoms with Gasteiger partial charge in [-0.15, -0.1) is 0 Å². The van der Waals surface area contributed by atoms with E-state index in [4.69, 9.17) is 0 Å². The summed E-state index contributed by atoms with van der Waals surface area (Å²) in [7, 11) is 0. The summed E-state index contributed by atoms with van der Waals surface area (Å²) in [6.07, 6.45) is -3.72. The first-order valence-corrected chi connectivity index (χ1v) is 12.8. The molecule has 0 bridgehead atoms. The van der Waals surface area contributed by atoms with Gasteiger partial charge in [0.05, 0.1) is 16.9 Å². The zero-order valence-electron chi connectivity index (χ0n) is 21.6. The molecule has 10 heteroatoms. The van der Waals surface area contributed by atoms with E-state index >= 15 is 0 Å². The molecule has 208 valence electrons. The molecule has 1 N–H and O–H groups in total. The molecule has 0 atom stereocenters. The maximum atomic E-state index is 13.2. The molecule has 7 nitrogen and oxygen atoms in total. The van der Waals surface area contributed by atoms with Crippen molar-refractivity contribution in [2.24, 2.45) is 0 Å². The first kappa shape index (κ1) is 27.6. The van der Waals surface area contributed by atoms with E-state index in [1.54, 1.807) is 47.4 Å². The van der Waals surface area contributed by atoms with Gasteiger partial charge in [-0.1, -0.05) is 48.5 Å². The number of rotatable bonds is 6. The average Bonchev–Trinajstić information content (AvgIpc) is 2.96. The summed E-state index contributed by atoms with van der Waals surface area (Å²) >= 11 is 0. The van der Waals surface area contributed by atoms with Gasteiger partial charge in [0, 0.05) is 36.5 Å². The lowest BCUT2D eigenvalue weighted by atomic mass is 9.97. The number of nitrogens with zero attached hydrogens (tertiary/aromatic N) is 2. The molecule has 5 rings (SSSR count). The predicted molar refractivity (Wildman–Crippen MR) is 147 cm³/mol. The van der Waals surface area contributed by atoms with E-state index < -0.39 is 22.6 Å². The molecule has 41 heavy (non-hydrogen) atoms. The van der Waals surface area contributed by atoms with Crippen LogP contribution in [-0.2, 0) is 30.4 Å². The number of non-ortho nitro benzene ring substituents is 1. The zero-order valence-corrected chi connectivity index (χ0v) is 21.6. The van der Waals surface area contributed by atoms with Crippen LogP contribution in [0.2, 0.25) is 0 Å². The molecule has 0 radical (unpaired) electrons. The third kappa shape index (κ3) is 6.27. The van der Waals surface area contributed by atoms with Gasteiger partial charge in [0.1, 0.15) is 0 Å². The van der Waals surface area contributed by atoms with Crippen LogP contribution in [0.4, 0.5) is 24.5 Å². The quantitative estimate of drug-likeness (QED) is 0.211. The van der Waals surface area contributed by atoms with Crippen LogP contribution in [0.15, 0.2) is 91.0 Å². The smallest absolute Gasteiger partial charge is 0.338 e. The lowest BCUT2D eigenvalue weighted by Gasteiger charge is -2.29. The van der Waals surface area contributed by atoms with Crippen LogP contribution in [0, 0.1) is 10.1 Å². The van der Waals surface area contributed by atoms with Gasteiger partial charge in [-0.25, -0.2) is 0 Å². The van der Waals surface area contributed by atoms with E-state index in [0.29, 0.717) is 47.5 Å². The fraction of sp³-hybridized carbons (Fsp3) is 0.161. The fourth-order valence-electron chi connectivity index (χ4n) is 4.84.